The number of carbonyl (C=O) groups excluding carboxylic acids is 9. The van der Waals surface area contributed by atoms with Gasteiger partial charge in [-0.3, -0.25) is 38.4 Å². The van der Waals surface area contributed by atoms with Crippen molar-refractivity contribution >= 4 is 53.7 Å². The van der Waals surface area contributed by atoms with Crippen molar-refractivity contribution in [3.05, 3.63) is 35.9 Å². The zero-order valence-corrected chi connectivity index (χ0v) is 73.4. The molecule has 2 N–H and O–H groups in total. The Balaban J connectivity index is 1.85. The Morgan fingerprint density at radius 3 is 1.15 bits per heavy atom. The fraction of sp³-hybridized carbons (Fsp3) is 0.837. The zero-order valence-electron chi connectivity index (χ0n) is 73.4. The van der Waals surface area contributed by atoms with E-state index in [1.807, 2.05) is 0 Å². The molecule has 1 amide bonds. The quantitative estimate of drug-likeness (QED) is 0.0348. The Kier molecular flexibility index (Phi) is 57.5. The van der Waals surface area contributed by atoms with Crippen LogP contribution >= 0.6 is 0 Å². The maximum Gasteiger partial charge on any atom is 0.338 e. The average Bonchev–Trinajstić information content (AvgIpc) is 0.759. The molecule has 1 aromatic rings. The van der Waals surface area contributed by atoms with Gasteiger partial charge in [-0.15, -0.1) is 0 Å². The van der Waals surface area contributed by atoms with Gasteiger partial charge in [0.15, 0.2) is 49.4 Å². The molecule has 25 nitrogen and oxygen atoms in total. The lowest BCUT2D eigenvalue weighted by molar-refractivity contribution is -0.365. The van der Waals surface area contributed by atoms with Crippen LogP contribution in [0.4, 0.5) is 0 Å². The van der Waals surface area contributed by atoms with E-state index in [-0.39, 0.29) is 50.2 Å². The molecule has 3 aliphatic heterocycles. The lowest BCUT2D eigenvalue weighted by atomic mass is 9.94. The maximum absolute atomic E-state index is 14.6. The monoisotopic (exact) mass is 1660 g/mol. The summed E-state index contributed by atoms with van der Waals surface area (Å²) in [6, 6.07) is 6.38. The molecule has 3 saturated heterocycles. The van der Waals surface area contributed by atoms with Crippen LogP contribution in [0.2, 0.25) is 0 Å². The summed E-state index contributed by atoms with van der Waals surface area (Å²) in [6.07, 6.45) is 21.6. The van der Waals surface area contributed by atoms with E-state index >= 15 is 0 Å². The Hall–Kier alpha value is -5.83. The maximum atomic E-state index is 14.6. The molecule has 3 heterocycles. The Bertz CT molecular complexity index is 2830. The fourth-order valence-corrected chi connectivity index (χ4v) is 15.4. The van der Waals surface area contributed by atoms with E-state index in [4.69, 9.17) is 66.3 Å². The van der Waals surface area contributed by atoms with Crippen molar-refractivity contribution in [2.24, 2.45) is 0 Å². The first-order valence-electron chi connectivity index (χ1n) is 46.0. The number of benzene rings is 1. The molecular weight excluding hydrogens is 1500 g/mol. The lowest BCUT2D eigenvalue weighted by Crippen LogP contribution is -2.70. The third-order valence-electron chi connectivity index (χ3n) is 22.1. The first-order chi connectivity index (χ1) is 56.7. The van der Waals surface area contributed by atoms with Gasteiger partial charge in [-0.05, 0) is 57.6 Å². The van der Waals surface area contributed by atoms with Gasteiger partial charge in [0, 0.05) is 59.5 Å². The predicted octanol–water partition coefficient (Wildman–Crippen LogP) is 18.6. The van der Waals surface area contributed by atoms with Crippen molar-refractivity contribution in [1.82, 2.24) is 5.32 Å². The molecule has 0 spiro atoms. The largest absolute Gasteiger partial charge is 0.469 e. The average molecular weight is 1660 g/mol. The molecule has 0 radical (unpaired) electrons. The topological polar surface area (TPSA) is 315 Å². The van der Waals surface area contributed by atoms with E-state index in [2.05, 4.69) is 33.0 Å². The molecular formula is C92H155NO24. The molecule has 0 bridgehead atoms. The number of amides is 1. The number of ether oxygens (including phenoxy) is 14. The minimum Gasteiger partial charge on any atom is -0.469 e. The van der Waals surface area contributed by atoms with E-state index < -0.39 is 153 Å². The number of nitrogens with one attached hydrogen (secondary N) is 1. The number of carbonyl (C=O) groups is 9. The second kappa shape index (κ2) is 65.0. The molecule has 117 heavy (non-hydrogen) atoms. The molecule has 3 aliphatic rings. The smallest absolute Gasteiger partial charge is 0.338 e. The first kappa shape index (κ1) is 104. The van der Waals surface area contributed by atoms with Gasteiger partial charge in [0.2, 0.25) is 5.91 Å². The molecule has 4 rings (SSSR count). The number of rotatable bonds is 68. The van der Waals surface area contributed by atoms with Gasteiger partial charge in [0.25, 0.3) is 0 Å². The van der Waals surface area contributed by atoms with Gasteiger partial charge in [-0.1, -0.05) is 296 Å². The van der Waals surface area contributed by atoms with Gasteiger partial charge in [-0.25, -0.2) is 4.79 Å². The second-order valence-corrected chi connectivity index (χ2v) is 32.6. The van der Waals surface area contributed by atoms with Crippen LogP contribution in [0.1, 0.15) is 387 Å². The number of aliphatic hydroxyl groups is 1. The molecule has 0 aliphatic carbocycles. The molecule has 3 fully saturated rings. The van der Waals surface area contributed by atoms with E-state index in [9.17, 15) is 48.3 Å². The molecule has 672 valence electrons. The van der Waals surface area contributed by atoms with Crippen molar-refractivity contribution in [2.75, 3.05) is 26.9 Å². The van der Waals surface area contributed by atoms with Crippen LogP contribution in [-0.2, 0) is 105 Å². The van der Waals surface area contributed by atoms with Gasteiger partial charge < -0.3 is 76.7 Å². The van der Waals surface area contributed by atoms with Crippen LogP contribution in [-0.4, -0.2) is 178 Å². The summed E-state index contributed by atoms with van der Waals surface area (Å²) < 4.78 is 88.7. The lowest BCUT2D eigenvalue weighted by Gasteiger charge is -2.50. The molecule has 1 aromatic carbocycles. The Labute approximate surface area is 701 Å². The number of methoxy groups -OCH3 is 1. The number of hydrogen-bond donors (Lipinski definition) is 2. The van der Waals surface area contributed by atoms with Gasteiger partial charge in [0.05, 0.1) is 18.8 Å². The number of unbranched alkanes of at least 4 members (excludes halogenated alkanes) is 40. The summed E-state index contributed by atoms with van der Waals surface area (Å²) in [6.45, 7) is 12.6. The fourth-order valence-electron chi connectivity index (χ4n) is 15.4. The van der Waals surface area contributed by atoms with Crippen molar-refractivity contribution in [1.29, 1.82) is 0 Å². The highest BCUT2D eigenvalue weighted by Gasteiger charge is 2.59. The van der Waals surface area contributed by atoms with Crippen LogP contribution in [0.3, 0.4) is 0 Å². The predicted molar refractivity (Wildman–Crippen MR) is 445 cm³/mol. The van der Waals surface area contributed by atoms with Crippen molar-refractivity contribution in [2.45, 2.75) is 468 Å². The van der Waals surface area contributed by atoms with Crippen molar-refractivity contribution in [3.63, 3.8) is 0 Å². The molecule has 25 heteroatoms. The van der Waals surface area contributed by atoms with Crippen molar-refractivity contribution < 1.29 is 115 Å². The number of aliphatic hydroxyl groups excluding tert-OH is 1. The molecule has 15 atom stereocenters. The summed E-state index contributed by atoms with van der Waals surface area (Å²) in [4.78, 5) is 124. The minimum absolute atomic E-state index is 0.00530. The SMILES string of the molecule is CCCCCCCCCCCCCCCCCC(=O)O[C@@H]1[C@@H](O[C@H]2O[C@H](COC(C)=O)[C@@H](OC(C)=O)[C@H](O[C@H]3O[C@H](COC(=O)CCCCCCCCCCC)[C@H](OC(=O)CCCCCCCCCCC)[C@H](OC(=O)CCCCCCCCCCC)[C@H]3O)[C@H]2NC(C)=O)[C@@H](OC(=O)c2ccccc2)[C@H](OCCCCCC(=O)OC)O[C@H]1C. The van der Waals surface area contributed by atoms with Gasteiger partial charge in [-0.2, -0.15) is 0 Å². The highest BCUT2D eigenvalue weighted by Crippen LogP contribution is 2.38. The zero-order chi connectivity index (χ0) is 85.1. The summed E-state index contributed by atoms with van der Waals surface area (Å²) >= 11 is 0. The summed E-state index contributed by atoms with van der Waals surface area (Å²) in [5.41, 5.74) is 0.114. The van der Waals surface area contributed by atoms with Crippen LogP contribution in [0.25, 0.3) is 0 Å². The molecule has 0 unspecified atom stereocenters. The summed E-state index contributed by atoms with van der Waals surface area (Å²) in [5, 5.41) is 15.9. The second-order valence-electron chi connectivity index (χ2n) is 32.6. The van der Waals surface area contributed by atoms with E-state index in [0.717, 1.165) is 162 Å². The minimum atomic E-state index is -2.06. The number of hydrogen-bond acceptors (Lipinski definition) is 24. The number of esters is 8. The highest BCUT2D eigenvalue weighted by atomic mass is 16.8. The van der Waals surface area contributed by atoms with Crippen LogP contribution in [0.5, 0.6) is 0 Å². The van der Waals surface area contributed by atoms with E-state index in [1.165, 1.54) is 116 Å². The van der Waals surface area contributed by atoms with Gasteiger partial charge in [0.1, 0.15) is 49.8 Å². The normalized spacial score (nSPS) is 23.1. The summed E-state index contributed by atoms with van der Waals surface area (Å²) in [7, 11) is 1.31. The van der Waals surface area contributed by atoms with E-state index in [1.54, 1.807) is 25.1 Å². The highest BCUT2D eigenvalue weighted by molar-refractivity contribution is 5.89. The van der Waals surface area contributed by atoms with Gasteiger partial charge >= 0.3 is 47.8 Å². The first-order valence-corrected chi connectivity index (χ1v) is 46.0. The van der Waals surface area contributed by atoms with Crippen LogP contribution < -0.4 is 5.32 Å². The Morgan fingerprint density at radius 2 is 0.726 bits per heavy atom. The third-order valence-corrected chi connectivity index (χ3v) is 22.1. The van der Waals surface area contributed by atoms with Crippen molar-refractivity contribution in [3.8, 4) is 0 Å². The Morgan fingerprint density at radius 1 is 0.359 bits per heavy atom. The third kappa shape index (κ3) is 45.0. The standard InChI is InChI=1S/C92H155NO24/c1-10-14-18-22-26-30-31-32-33-34-35-39-43-45-53-62-77(99)112-82-68(5)108-92(105-65-57-49-56-60-75(97)104-9)88(115-89(103)72-58-50-48-51-59-72)87(82)117-90-80(93-69(6)94)85(83(109-71(8)96)73(110-90)66-106-70(7)95)116-91-81(102)86(114-79(101)64-55-47-42-38-29-25-21-17-13-4)84(113-78(100)63-54-46-41-37-28-24-20-16-12-3)74(111-91)67-107-76(98)61-52-44-40-36-27-23-19-15-11-2/h48,50-51,58-59,68,73-74,80-88,90-92,102H,10-47,49,52-57,60-67H2,1-9H3,(H,93,94)/t68-,73+,74+,80+,81+,82-,83+,84-,85+,86+,87+,88+,90+,91+,92+/m0/s1. The van der Waals surface area contributed by atoms with Crippen LogP contribution in [0, 0.1) is 0 Å². The van der Waals surface area contributed by atoms with E-state index in [0.29, 0.717) is 51.4 Å². The van der Waals surface area contributed by atoms with Crippen LogP contribution in [0.15, 0.2) is 30.3 Å². The molecule has 0 saturated carbocycles. The summed E-state index contributed by atoms with van der Waals surface area (Å²) in [5.74, 6) is -6.32. The molecule has 0 aromatic heterocycles.